The first kappa shape index (κ1) is 19.2. The number of aromatic amines is 2. The summed E-state index contributed by atoms with van der Waals surface area (Å²) in [4.78, 5) is 5.95. The van der Waals surface area contributed by atoms with Crippen molar-refractivity contribution in [2.24, 2.45) is 0 Å². The molecule has 3 heterocycles. The number of rotatable bonds is 5. The standard InChI is InChI=1S/C24H25ClN4O/c1-30-20-6-7-23-21(12-20)22(14-26-23)16-8-10-29(11-9-16)15-18-13-27-28-24(18)17-2-4-19(25)5-3-17/h2-7,12-14,16,26H,8-11,15H2,1H3,(H,27,28). The second-order valence-corrected chi connectivity index (χ2v) is 8.42. The molecule has 0 saturated carbocycles. The molecule has 5 rings (SSSR count). The van der Waals surface area contributed by atoms with Gasteiger partial charge in [-0.2, -0.15) is 5.10 Å². The first-order valence-corrected chi connectivity index (χ1v) is 10.7. The molecule has 2 aromatic heterocycles. The smallest absolute Gasteiger partial charge is 0.119 e. The van der Waals surface area contributed by atoms with Gasteiger partial charge in [-0.1, -0.05) is 23.7 Å². The highest BCUT2D eigenvalue weighted by Gasteiger charge is 2.24. The molecule has 2 N–H and O–H groups in total. The molecule has 0 amide bonds. The fourth-order valence-corrected chi connectivity index (χ4v) is 4.65. The van der Waals surface area contributed by atoms with Gasteiger partial charge in [-0.15, -0.1) is 0 Å². The number of ether oxygens (including phenoxy) is 1. The van der Waals surface area contributed by atoms with Crippen LogP contribution in [-0.2, 0) is 6.54 Å². The molecule has 6 heteroatoms. The second-order valence-electron chi connectivity index (χ2n) is 7.98. The zero-order valence-electron chi connectivity index (χ0n) is 17.0. The maximum Gasteiger partial charge on any atom is 0.119 e. The van der Waals surface area contributed by atoms with Crippen molar-refractivity contribution in [3.05, 3.63) is 71.0 Å². The summed E-state index contributed by atoms with van der Waals surface area (Å²) >= 11 is 6.03. The van der Waals surface area contributed by atoms with Crippen molar-refractivity contribution in [1.82, 2.24) is 20.1 Å². The van der Waals surface area contributed by atoms with E-state index in [9.17, 15) is 0 Å². The lowest BCUT2D eigenvalue weighted by Crippen LogP contribution is -2.32. The molecule has 0 aliphatic carbocycles. The molecular formula is C24H25ClN4O. The molecule has 0 unspecified atom stereocenters. The Labute approximate surface area is 181 Å². The number of piperidine rings is 1. The summed E-state index contributed by atoms with van der Waals surface area (Å²) in [7, 11) is 1.72. The van der Waals surface area contributed by atoms with E-state index >= 15 is 0 Å². The van der Waals surface area contributed by atoms with Crippen LogP contribution in [0.4, 0.5) is 0 Å². The number of halogens is 1. The molecule has 0 atom stereocenters. The van der Waals surface area contributed by atoms with Gasteiger partial charge >= 0.3 is 0 Å². The van der Waals surface area contributed by atoms with Crippen molar-refractivity contribution < 1.29 is 4.74 Å². The van der Waals surface area contributed by atoms with Gasteiger partial charge < -0.3 is 9.72 Å². The third-order valence-electron chi connectivity index (χ3n) is 6.19. The fourth-order valence-electron chi connectivity index (χ4n) is 4.53. The molecule has 0 radical (unpaired) electrons. The number of H-pyrrole nitrogens is 2. The summed E-state index contributed by atoms with van der Waals surface area (Å²) < 4.78 is 5.43. The van der Waals surface area contributed by atoms with Gasteiger partial charge in [-0.3, -0.25) is 10.00 Å². The Morgan fingerprint density at radius 3 is 2.70 bits per heavy atom. The zero-order valence-corrected chi connectivity index (χ0v) is 17.7. The van der Waals surface area contributed by atoms with E-state index in [-0.39, 0.29) is 0 Å². The summed E-state index contributed by atoms with van der Waals surface area (Å²) in [5.41, 5.74) is 6.02. The zero-order chi connectivity index (χ0) is 20.5. The Hall–Kier alpha value is -2.76. The van der Waals surface area contributed by atoms with Gasteiger partial charge in [-0.25, -0.2) is 0 Å². The number of benzene rings is 2. The summed E-state index contributed by atoms with van der Waals surface area (Å²) in [6.07, 6.45) is 6.43. The Morgan fingerprint density at radius 1 is 1.13 bits per heavy atom. The lowest BCUT2D eigenvalue weighted by atomic mass is 9.89. The molecule has 1 saturated heterocycles. The van der Waals surface area contributed by atoms with Crippen LogP contribution in [0.5, 0.6) is 5.75 Å². The quantitative estimate of drug-likeness (QED) is 0.442. The number of hydrogen-bond acceptors (Lipinski definition) is 3. The molecule has 1 aliphatic rings. The van der Waals surface area contributed by atoms with Crippen LogP contribution in [0.25, 0.3) is 22.2 Å². The summed E-state index contributed by atoms with van der Waals surface area (Å²) in [6.45, 7) is 3.06. The number of hydrogen-bond donors (Lipinski definition) is 2. The number of likely N-dealkylation sites (tertiary alicyclic amines) is 1. The maximum atomic E-state index is 6.03. The molecule has 1 aliphatic heterocycles. The Balaban J connectivity index is 1.27. The SMILES string of the molecule is COc1ccc2[nH]cc(C3CCN(Cc4cn[nH]c4-c4ccc(Cl)cc4)CC3)c2c1. The predicted molar refractivity (Wildman–Crippen MR) is 121 cm³/mol. The van der Waals surface area contributed by atoms with Gasteiger partial charge in [0.1, 0.15) is 5.75 Å². The number of methoxy groups -OCH3 is 1. The summed E-state index contributed by atoms with van der Waals surface area (Å²) in [6, 6.07) is 14.2. The number of aromatic nitrogens is 3. The molecule has 30 heavy (non-hydrogen) atoms. The van der Waals surface area contributed by atoms with Crippen molar-refractivity contribution in [2.75, 3.05) is 20.2 Å². The van der Waals surface area contributed by atoms with Crippen LogP contribution in [0.2, 0.25) is 5.02 Å². The highest BCUT2D eigenvalue weighted by atomic mass is 35.5. The minimum Gasteiger partial charge on any atom is -0.497 e. The third-order valence-corrected chi connectivity index (χ3v) is 6.44. The number of nitrogens with one attached hydrogen (secondary N) is 2. The first-order valence-electron chi connectivity index (χ1n) is 10.4. The Bertz CT molecular complexity index is 1140. The Kier molecular flexibility index (Phi) is 5.23. The summed E-state index contributed by atoms with van der Waals surface area (Å²) in [5.74, 6) is 1.48. The fraction of sp³-hybridized carbons (Fsp3) is 0.292. The van der Waals surface area contributed by atoms with Gasteiger partial charge in [0.05, 0.1) is 19.0 Å². The van der Waals surface area contributed by atoms with Gasteiger partial charge in [0.2, 0.25) is 0 Å². The monoisotopic (exact) mass is 420 g/mol. The van der Waals surface area contributed by atoms with E-state index in [4.69, 9.17) is 16.3 Å². The van der Waals surface area contributed by atoms with Gasteiger partial charge in [0.25, 0.3) is 0 Å². The molecule has 2 aromatic carbocycles. The van der Waals surface area contributed by atoms with E-state index < -0.39 is 0 Å². The van der Waals surface area contributed by atoms with Crippen molar-refractivity contribution in [3.63, 3.8) is 0 Å². The van der Waals surface area contributed by atoms with Crippen LogP contribution in [0, 0.1) is 0 Å². The van der Waals surface area contributed by atoms with Crippen LogP contribution in [0.15, 0.2) is 54.9 Å². The maximum absolute atomic E-state index is 6.03. The highest BCUT2D eigenvalue weighted by Crippen LogP contribution is 2.35. The van der Waals surface area contributed by atoms with Crippen molar-refractivity contribution in [2.45, 2.75) is 25.3 Å². The number of nitrogens with zero attached hydrogens (tertiary/aromatic N) is 2. The highest BCUT2D eigenvalue weighted by molar-refractivity contribution is 6.30. The van der Waals surface area contributed by atoms with Gasteiger partial charge in [0, 0.05) is 34.2 Å². The van der Waals surface area contributed by atoms with Crippen LogP contribution in [0.1, 0.15) is 29.9 Å². The van der Waals surface area contributed by atoms with Gasteiger partial charge in [-0.05, 0) is 73.3 Å². The van der Waals surface area contributed by atoms with E-state index in [0.29, 0.717) is 5.92 Å². The number of fused-ring (bicyclic) bond motifs is 1. The average molecular weight is 421 g/mol. The lowest BCUT2D eigenvalue weighted by molar-refractivity contribution is 0.205. The topological polar surface area (TPSA) is 56.9 Å². The Morgan fingerprint density at radius 2 is 1.93 bits per heavy atom. The van der Waals surface area contributed by atoms with Crippen molar-refractivity contribution in [1.29, 1.82) is 0 Å². The molecule has 0 bridgehead atoms. The van der Waals surface area contributed by atoms with Crippen LogP contribution < -0.4 is 4.74 Å². The van der Waals surface area contributed by atoms with Crippen molar-refractivity contribution in [3.8, 4) is 17.0 Å². The minimum absolute atomic E-state index is 0.571. The van der Waals surface area contributed by atoms with E-state index in [0.717, 1.165) is 54.5 Å². The minimum atomic E-state index is 0.571. The second kappa shape index (κ2) is 8.17. The van der Waals surface area contributed by atoms with Crippen LogP contribution >= 0.6 is 11.6 Å². The molecule has 5 nitrogen and oxygen atoms in total. The molecular weight excluding hydrogens is 396 g/mol. The largest absolute Gasteiger partial charge is 0.497 e. The average Bonchev–Trinajstić information content (AvgIpc) is 3.41. The summed E-state index contributed by atoms with van der Waals surface area (Å²) in [5, 5.41) is 9.48. The normalized spacial score (nSPS) is 15.7. The lowest BCUT2D eigenvalue weighted by Gasteiger charge is -2.32. The first-order chi connectivity index (χ1) is 14.7. The molecule has 154 valence electrons. The van der Waals surface area contributed by atoms with Crippen LogP contribution in [0.3, 0.4) is 0 Å². The van der Waals surface area contributed by atoms with E-state index in [1.807, 2.05) is 36.5 Å². The van der Waals surface area contributed by atoms with E-state index in [1.54, 1.807) is 7.11 Å². The van der Waals surface area contributed by atoms with Crippen molar-refractivity contribution >= 4 is 22.5 Å². The van der Waals surface area contributed by atoms with Crippen LogP contribution in [-0.4, -0.2) is 40.3 Å². The van der Waals surface area contributed by atoms with E-state index in [1.165, 1.54) is 22.0 Å². The third kappa shape index (κ3) is 3.71. The molecule has 1 fully saturated rings. The molecule has 4 aromatic rings. The molecule has 0 spiro atoms. The predicted octanol–water partition coefficient (Wildman–Crippen LogP) is 5.60. The van der Waals surface area contributed by atoms with E-state index in [2.05, 4.69) is 38.4 Å². The van der Waals surface area contributed by atoms with Gasteiger partial charge in [0.15, 0.2) is 0 Å².